The van der Waals surface area contributed by atoms with E-state index in [0.29, 0.717) is 35.0 Å². The number of fused-ring (bicyclic) bond motifs is 1. The first-order valence-corrected chi connectivity index (χ1v) is 10.8. The fraction of sp³-hybridized carbons (Fsp3) is 0.417. The van der Waals surface area contributed by atoms with E-state index >= 15 is 0 Å². The Hall–Kier alpha value is -2.41. The molecule has 1 atom stereocenters. The molecule has 164 valence electrons. The van der Waals surface area contributed by atoms with Gasteiger partial charge in [0.05, 0.1) is 11.2 Å². The molecule has 1 aliphatic heterocycles. The molecule has 1 saturated heterocycles. The molecule has 1 fully saturated rings. The van der Waals surface area contributed by atoms with Gasteiger partial charge in [-0.3, -0.25) is 9.69 Å². The summed E-state index contributed by atoms with van der Waals surface area (Å²) in [5, 5.41) is 14.6. The first-order chi connectivity index (χ1) is 14.5. The molecule has 7 heteroatoms. The van der Waals surface area contributed by atoms with E-state index in [1.807, 2.05) is 30.3 Å². The van der Waals surface area contributed by atoms with Gasteiger partial charge in [0.2, 0.25) is 5.91 Å². The molecule has 0 radical (unpaired) electrons. The van der Waals surface area contributed by atoms with E-state index in [0.717, 1.165) is 16.8 Å². The lowest BCUT2D eigenvalue weighted by Gasteiger charge is -2.42. The molecule has 1 unspecified atom stereocenters. The smallest absolute Gasteiger partial charge is 0.240 e. The van der Waals surface area contributed by atoms with E-state index in [1.54, 1.807) is 24.8 Å². The van der Waals surface area contributed by atoms with Gasteiger partial charge in [-0.05, 0) is 37.5 Å². The zero-order valence-electron chi connectivity index (χ0n) is 18.5. The topological polar surface area (TPSA) is 78.6 Å². The Bertz CT molecular complexity index is 1130. The van der Waals surface area contributed by atoms with Crippen LogP contribution in [0.15, 0.2) is 40.8 Å². The van der Waals surface area contributed by atoms with Crippen LogP contribution in [0.5, 0.6) is 0 Å². The van der Waals surface area contributed by atoms with Crippen molar-refractivity contribution < 1.29 is 14.3 Å². The molecule has 2 N–H and O–H groups in total. The van der Waals surface area contributed by atoms with Crippen molar-refractivity contribution in [2.45, 2.75) is 51.8 Å². The average molecular weight is 442 g/mol. The van der Waals surface area contributed by atoms with Crippen LogP contribution in [0.4, 0.5) is 0 Å². The third-order valence-electron chi connectivity index (χ3n) is 5.91. The molecule has 3 aromatic rings. The van der Waals surface area contributed by atoms with Crippen molar-refractivity contribution in [3.8, 4) is 11.3 Å². The molecule has 0 aliphatic carbocycles. The quantitative estimate of drug-likeness (QED) is 0.618. The van der Waals surface area contributed by atoms with Gasteiger partial charge in [-0.2, -0.15) is 0 Å². The average Bonchev–Trinajstić information content (AvgIpc) is 3.12. The predicted octanol–water partition coefficient (Wildman–Crippen LogP) is 4.65. The van der Waals surface area contributed by atoms with Crippen LogP contribution >= 0.6 is 11.6 Å². The number of carbonyl (C=O) groups excluding carboxylic acids is 1. The summed E-state index contributed by atoms with van der Waals surface area (Å²) in [5.41, 5.74) is 3.03. The monoisotopic (exact) mass is 441 g/mol. The number of pyridine rings is 1. The van der Waals surface area contributed by atoms with Crippen LogP contribution < -0.4 is 5.32 Å². The largest absolute Gasteiger partial charge is 0.455 e. The number of nitrogens with one attached hydrogen (secondary N) is 1. The van der Waals surface area contributed by atoms with E-state index in [1.165, 1.54) is 0 Å². The highest BCUT2D eigenvalue weighted by Gasteiger charge is 2.42. The van der Waals surface area contributed by atoms with Crippen LogP contribution in [0.2, 0.25) is 5.02 Å². The normalized spacial score (nSPS) is 18.2. The zero-order chi connectivity index (χ0) is 22.6. The first-order valence-electron chi connectivity index (χ1n) is 10.4. The number of halogens is 1. The Labute approximate surface area is 187 Å². The van der Waals surface area contributed by atoms with E-state index in [9.17, 15) is 9.90 Å². The van der Waals surface area contributed by atoms with Gasteiger partial charge in [-0.15, -0.1) is 0 Å². The third-order valence-corrected chi connectivity index (χ3v) is 6.16. The van der Waals surface area contributed by atoms with Crippen LogP contribution in [-0.2, 0) is 10.2 Å². The van der Waals surface area contributed by atoms with Gasteiger partial charge in [-0.25, -0.2) is 4.98 Å². The van der Waals surface area contributed by atoms with Gasteiger partial charge in [0.15, 0.2) is 17.6 Å². The molecular weight excluding hydrogens is 414 g/mol. The minimum absolute atomic E-state index is 0.118. The number of hydrogen-bond acceptors (Lipinski definition) is 5. The van der Waals surface area contributed by atoms with Crippen molar-refractivity contribution in [3.05, 3.63) is 52.7 Å². The Morgan fingerprint density at radius 3 is 2.55 bits per heavy atom. The highest BCUT2D eigenvalue weighted by molar-refractivity contribution is 6.30. The molecule has 31 heavy (non-hydrogen) atoms. The summed E-state index contributed by atoms with van der Waals surface area (Å²) in [5.74, 6) is 0.261. The standard InChI is InChI=1S/C24H28ClN3O3/c1-23(2,3)16-12-17(14-6-8-15(25)9-7-14)27-18-13-19(31-20(16)18)21(29)28-11-10-26-22(30)24(28,4)5/h6-9,12-13,21,29H,10-11H2,1-5H3,(H,26,30). The van der Waals surface area contributed by atoms with Crippen LogP contribution in [0.1, 0.15) is 52.2 Å². The number of nitrogens with zero attached hydrogens (tertiary/aromatic N) is 2. The molecule has 0 spiro atoms. The molecule has 0 bridgehead atoms. The summed E-state index contributed by atoms with van der Waals surface area (Å²) >= 11 is 6.05. The maximum Gasteiger partial charge on any atom is 0.240 e. The predicted molar refractivity (Wildman–Crippen MR) is 122 cm³/mol. The Morgan fingerprint density at radius 2 is 1.90 bits per heavy atom. The van der Waals surface area contributed by atoms with Crippen molar-refractivity contribution in [3.63, 3.8) is 0 Å². The molecule has 4 rings (SSSR count). The number of aliphatic hydroxyl groups is 1. The molecular formula is C24H28ClN3O3. The van der Waals surface area contributed by atoms with E-state index in [4.69, 9.17) is 21.0 Å². The molecule has 0 saturated carbocycles. The first kappa shape index (κ1) is 21.8. The number of piperazine rings is 1. The molecule has 1 amide bonds. The van der Waals surface area contributed by atoms with Crippen LogP contribution in [0, 0.1) is 0 Å². The summed E-state index contributed by atoms with van der Waals surface area (Å²) in [6.45, 7) is 10.9. The number of aromatic nitrogens is 1. The molecule has 3 heterocycles. The molecule has 6 nitrogen and oxygen atoms in total. The lowest BCUT2D eigenvalue weighted by atomic mass is 9.86. The van der Waals surface area contributed by atoms with Crippen molar-refractivity contribution in [1.82, 2.24) is 15.2 Å². The summed E-state index contributed by atoms with van der Waals surface area (Å²) in [4.78, 5) is 18.9. The number of carbonyl (C=O) groups is 1. The molecule has 1 aromatic carbocycles. The number of rotatable bonds is 3. The molecule has 1 aliphatic rings. The second-order valence-corrected chi connectivity index (χ2v) is 9.99. The minimum atomic E-state index is -1.05. The minimum Gasteiger partial charge on any atom is -0.455 e. The second kappa shape index (κ2) is 7.62. The van der Waals surface area contributed by atoms with Crippen molar-refractivity contribution >= 4 is 28.6 Å². The maximum atomic E-state index is 12.3. The fourth-order valence-corrected chi connectivity index (χ4v) is 4.12. The number of benzene rings is 1. The Kier molecular flexibility index (Phi) is 5.36. The van der Waals surface area contributed by atoms with Gasteiger partial charge >= 0.3 is 0 Å². The highest BCUT2D eigenvalue weighted by atomic mass is 35.5. The van der Waals surface area contributed by atoms with Crippen LogP contribution in [0.25, 0.3) is 22.4 Å². The summed E-state index contributed by atoms with van der Waals surface area (Å²) in [6.07, 6.45) is -1.05. The number of furan rings is 1. The summed E-state index contributed by atoms with van der Waals surface area (Å²) in [6, 6.07) is 11.4. The van der Waals surface area contributed by atoms with E-state index in [-0.39, 0.29) is 11.3 Å². The zero-order valence-corrected chi connectivity index (χ0v) is 19.2. The SMILES string of the molecule is CC(C)(C)c1cc(-c2ccc(Cl)cc2)nc2cc(C(O)N3CCNC(=O)C3(C)C)oc12. The van der Waals surface area contributed by atoms with Crippen molar-refractivity contribution in [1.29, 1.82) is 0 Å². The third kappa shape index (κ3) is 3.95. The van der Waals surface area contributed by atoms with Gasteiger partial charge in [0.1, 0.15) is 5.52 Å². The number of hydrogen-bond donors (Lipinski definition) is 2. The van der Waals surface area contributed by atoms with Crippen LogP contribution in [-0.4, -0.2) is 39.5 Å². The Morgan fingerprint density at radius 1 is 1.23 bits per heavy atom. The maximum absolute atomic E-state index is 12.3. The summed E-state index contributed by atoms with van der Waals surface area (Å²) in [7, 11) is 0. The molecule has 2 aromatic heterocycles. The lowest BCUT2D eigenvalue weighted by molar-refractivity contribution is -0.148. The fourth-order valence-electron chi connectivity index (χ4n) is 3.99. The van der Waals surface area contributed by atoms with Gasteiger partial charge in [0, 0.05) is 35.3 Å². The van der Waals surface area contributed by atoms with E-state index in [2.05, 4.69) is 26.1 Å². The van der Waals surface area contributed by atoms with Crippen molar-refractivity contribution in [2.75, 3.05) is 13.1 Å². The number of amides is 1. The van der Waals surface area contributed by atoms with Gasteiger partial charge in [0.25, 0.3) is 0 Å². The number of aliphatic hydroxyl groups excluding tert-OH is 1. The van der Waals surface area contributed by atoms with Crippen LogP contribution in [0.3, 0.4) is 0 Å². The highest BCUT2D eigenvalue weighted by Crippen LogP contribution is 2.37. The van der Waals surface area contributed by atoms with Gasteiger partial charge < -0.3 is 14.8 Å². The lowest BCUT2D eigenvalue weighted by Crippen LogP contribution is -2.62. The Balaban J connectivity index is 1.82. The van der Waals surface area contributed by atoms with E-state index < -0.39 is 11.8 Å². The van der Waals surface area contributed by atoms with Crippen molar-refractivity contribution in [2.24, 2.45) is 0 Å². The van der Waals surface area contributed by atoms with Gasteiger partial charge in [-0.1, -0.05) is 44.5 Å². The second-order valence-electron chi connectivity index (χ2n) is 9.56. The summed E-state index contributed by atoms with van der Waals surface area (Å²) < 4.78 is 6.17.